The highest BCUT2D eigenvalue weighted by atomic mass is 127. The van der Waals surface area contributed by atoms with Gasteiger partial charge < -0.3 is 36.8 Å². The number of carbonyl (C=O) groups excluding carboxylic acids is 4. The average Bonchev–Trinajstić information content (AvgIpc) is 1.73. The number of rotatable bonds is 19. The molecule has 0 unspecified atom stereocenters. The number of hydroxylamine groups is 1. The summed E-state index contributed by atoms with van der Waals surface area (Å²) in [5.41, 5.74) is 16.7. The first kappa shape index (κ1) is 75.6. The molecule has 0 atom stereocenters. The predicted molar refractivity (Wildman–Crippen MR) is 433 cm³/mol. The molecule has 10 aromatic rings. The highest BCUT2D eigenvalue weighted by Crippen LogP contribution is 2.32. The van der Waals surface area contributed by atoms with E-state index in [9.17, 15) is 28.0 Å². The number of amides is 4. The van der Waals surface area contributed by atoms with E-state index in [0.717, 1.165) is 91.2 Å². The first-order chi connectivity index (χ1) is 46.5. The van der Waals surface area contributed by atoms with Gasteiger partial charge in [0, 0.05) is 70.9 Å². The molecule has 10 aromatic carbocycles. The van der Waals surface area contributed by atoms with Crippen LogP contribution in [-0.2, 0) is 11.4 Å². The van der Waals surface area contributed by atoms with Crippen molar-refractivity contribution in [1.29, 1.82) is 0 Å². The molecule has 1 fully saturated rings. The van der Waals surface area contributed by atoms with Crippen LogP contribution < -0.4 is 42.3 Å². The molecule has 0 aromatic heterocycles. The molecule has 1 aliphatic rings. The summed E-state index contributed by atoms with van der Waals surface area (Å²) in [6.45, 7) is 12.3. The number of nitrogens with one attached hydrogen (secondary N) is 7. The predicted octanol–water partition coefficient (Wildman–Crippen LogP) is 20.9. The van der Waals surface area contributed by atoms with Gasteiger partial charge in [0.2, 0.25) is 0 Å². The molecule has 97 heavy (non-hydrogen) atoms. The minimum absolute atomic E-state index is 0.0735. The molecule has 7 N–H and O–H groups in total. The Morgan fingerprint density at radius 1 is 0.485 bits per heavy atom. The fraction of sp³-hybridized carbons (Fsp3) is 0.132. The maximum atomic E-state index is 13.8. The van der Waals surface area contributed by atoms with Crippen molar-refractivity contribution in [2.75, 3.05) is 39.8 Å². The van der Waals surface area contributed by atoms with E-state index in [0.29, 0.717) is 46.7 Å². The van der Waals surface area contributed by atoms with E-state index in [-0.39, 0.29) is 34.8 Å². The second-order valence-corrected chi connectivity index (χ2v) is 28.9. The molecule has 1 saturated carbocycles. The Morgan fingerprint density at radius 3 is 1.31 bits per heavy atom. The van der Waals surface area contributed by atoms with Gasteiger partial charge in [-0.3, -0.25) is 24.0 Å². The first-order valence-corrected chi connectivity index (χ1v) is 36.1. The topological polar surface area (TPSA) is 165 Å². The van der Waals surface area contributed by atoms with Crippen molar-refractivity contribution in [2.24, 2.45) is 0 Å². The van der Waals surface area contributed by atoms with Gasteiger partial charge in [-0.2, -0.15) is 0 Å². The molecule has 0 radical (unpaired) electrons. The van der Waals surface area contributed by atoms with Crippen molar-refractivity contribution in [3.05, 3.63) is 303 Å². The van der Waals surface area contributed by atoms with Crippen molar-refractivity contribution >= 4 is 199 Å². The molecule has 0 aliphatic heterocycles. The number of carbonyl (C=O) groups is 4. The van der Waals surface area contributed by atoms with E-state index in [1.165, 1.54) is 36.3 Å². The first-order valence-electron chi connectivity index (χ1n) is 30.3. The summed E-state index contributed by atoms with van der Waals surface area (Å²) in [4.78, 5) is 57.1. The number of aryl methyl sites for hydroxylation is 4. The Kier molecular flexibility index (Phi) is 28.9. The number of hydrogen-bond donors (Lipinski definition) is 7. The Hall–Kier alpha value is -7.22. The molecule has 11 rings (SSSR count). The SMILES string of the molecule is C=CCNC(=O)c1cc(F)ccc1Nc1ccc(I)cc1C.Cc1cc(I)ccc1Nc1ccc(Cl)cc1C(=O)NC1CC1.Cc1cc(I)ccc1Nc1ccc(F)cc1C(=O)N(C)c1ccccc1.Cc1cc(I)ccc1Nc1ccc(I)cc1C(=O)NOCc1ccccc1. The van der Waals surface area contributed by atoms with Crippen LogP contribution in [0.25, 0.3) is 0 Å². The molecular formula is C76H68ClF2I5N8O5. The zero-order chi connectivity index (χ0) is 69.7. The smallest absolute Gasteiger partial charge is 0.276 e. The zero-order valence-electron chi connectivity index (χ0n) is 53.3. The van der Waals surface area contributed by atoms with Crippen molar-refractivity contribution in [3.8, 4) is 0 Å². The molecule has 1 aliphatic carbocycles. The van der Waals surface area contributed by atoms with Crippen molar-refractivity contribution in [3.63, 3.8) is 0 Å². The van der Waals surface area contributed by atoms with Gasteiger partial charge >= 0.3 is 0 Å². The maximum Gasteiger partial charge on any atom is 0.276 e. The van der Waals surface area contributed by atoms with Gasteiger partial charge in [0.15, 0.2) is 0 Å². The summed E-state index contributed by atoms with van der Waals surface area (Å²) in [5, 5.41) is 19.4. The maximum absolute atomic E-state index is 13.8. The van der Waals surface area contributed by atoms with Crippen LogP contribution in [0.5, 0.6) is 0 Å². The molecule has 0 spiro atoms. The third-order valence-corrected chi connectivity index (χ3v) is 18.3. The van der Waals surface area contributed by atoms with Crippen LogP contribution in [0.15, 0.2) is 219 Å². The summed E-state index contributed by atoms with van der Waals surface area (Å²) in [6, 6.07) is 62.9. The molecule has 4 amide bonds. The van der Waals surface area contributed by atoms with E-state index >= 15 is 0 Å². The minimum atomic E-state index is -0.450. The van der Waals surface area contributed by atoms with Gasteiger partial charge in [-0.25, -0.2) is 14.3 Å². The molecule has 21 heteroatoms. The lowest BCUT2D eigenvalue weighted by atomic mass is 10.1. The fourth-order valence-corrected chi connectivity index (χ4v) is 12.7. The Morgan fingerprint density at radius 2 is 0.866 bits per heavy atom. The lowest BCUT2D eigenvalue weighted by molar-refractivity contribution is 0.0234. The normalized spacial score (nSPS) is 11.1. The summed E-state index contributed by atoms with van der Waals surface area (Å²) in [5.74, 6) is -1.87. The van der Waals surface area contributed by atoms with Crippen LogP contribution in [0, 0.1) is 57.2 Å². The molecule has 0 heterocycles. The van der Waals surface area contributed by atoms with Crippen molar-refractivity contribution < 1.29 is 32.8 Å². The molecule has 13 nitrogen and oxygen atoms in total. The van der Waals surface area contributed by atoms with Gasteiger partial charge in [-0.15, -0.1) is 6.58 Å². The van der Waals surface area contributed by atoms with Crippen molar-refractivity contribution in [1.82, 2.24) is 16.1 Å². The van der Waals surface area contributed by atoms with E-state index < -0.39 is 11.6 Å². The van der Waals surface area contributed by atoms with Crippen molar-refractivity contribution in [2.45, 2.75) is 53.2 Å². The quantitative estimate of drug-likeness (QED) is 0.0237. The largest absolute Gasteiger partial charge is 0.355 e. The summed E-state index contributed by atoms with van der Waals surface area (Å²) in [7, 11) is 1.68. The third kappa shape index (κ3) is 23.2. The number of halogens is 8. The number of hydrogen-bond acceptors (Lipinski definition) is 9. The van der Waals surface area contributed by atoms with Crippen LogP contribution in [0.3, 0.4) is 0 Å². The molecule has 498 valence electrons. The molecule has 0 bridgehead atoms. The van der Waals surface area contributed by atoms with E-state index in [2.05, 4.69) is 169 Å². The average molecular weight is 1880 g/mol. The monoisotopic (exact) mass is 1880 g/mol. The lowest BCUT2D eigenvalue weighted by Gasteiger charge is -2.20. The van der Waals surface area contributed by atoms with E-state index in [1.807, 2.05) is 173 Å². The Balaban J connectivity index is 0.000000166. The van der Waals surface area contributed by atoms with Gasteiger partial charge in [0.25, 0.3) is 23.6 Å². The fourth-order valence-electron chi connectivity index (χ4n) is 9.41. The zero-order valence-corrected chi connectivity index (χ0v) is 64.9. The third-order valence-electron chi connectivity index (χ3n) is 14.7. The number of anilines is 9. The van der Waals surface area contributed by atoms with Crippen LogP contribution in [0.1, 0.15) is 82.1 Å². The molecular weight excluding hydrogens is 1810 g/mol. The van der Waals surface area contributed by atoms with Crippen LogP contribution >= 0.6 is 125 Å². The number of benzene rings is 10. The minimum Gasteiger partial charge on any atom is -0.355 e. The number of nitrogens with zero attached hydrogens (tertiary/aromatic N) is 1. The van der Waals surface area contributed by atoms with Gasteiger partial charge in [0.05, 0.1) is 51.6 Å². The highest BCUT2D eigenvalue weighted by Gasteiger charge is 2.26. The summed E-state index contributed by atoms with van der Waals surface area (Å²) < 4.78 is 32.9. The van der Waals surface area contributed by atoms with E-state index in [1.54, 1.807) is 37.4 Å². The second kappa shape index (κ2) is 37.1. The second-order valence-electron chi connectivity index (χ2n) is 22.2. The van der Waals surface area contributed by atoms with Gasteiger partial charge in [-0.05, 0) is 339 Å². The van der Waals surface area contributed by atoms with Crippen LogP contribution in [0.2, 0.25) is 5.02 Å². The summed E-state index contributed by atoms with van der Waals surface area (Å²) >= 11 is 17.3. The van der Waals surface area contributed by atoms with Crippen LogP contribution in [-0.4, -0.2) is 43.3 Å². The molecule has 0 saturated heterocycles. The Bertz CT molecular complexity index is 4460. The lowest BCUT2D eigenvalue weighted by Crippen LogP contribution is -2.27. The highest BCUT2D eigenvalue weighted by molar-refractivity contribution is 14.1. The summed E-state index contributed by atoms with van der Waals surface area (Å²) in [6.07, 6.45) is 3.70. The number of para-hydroxylation sites is 1. The Labute approximate surface area is 637 Å². The van der Waals surface area contributed by atoms with Gasteiger partial charge in [0.1, 0.15) is 11.6 Å². The standard InChI is InChI=1S/C21H18FIN2O.C21H18I2N2O2.C17H16ClIN2O.C17H16FIN2O/c1-14-12-16(23)9-11-19(14)24-20-10-8-15(22)13-18(20)21(26)25(2)17-6-4-3-5-7-17;1-14-11-16(22)7-9-19(14)24-20-10-8-17(23)12-18(20)21(26)25-27-13-15-5-3-2-4-6-15;1-10-8-12(19)3-7-15(10)21-16-6-2-11(18)9-14(16)17(22)20-13-4-5-13;1-3-8-20-17(22)14-10-12(18)4-6-16(14)21-15-7-5-13(19)9-11(15)2/h3-13,24H,1-2H3;2-12,24H,13H2,1H3,(H,25,26);2-3,6-9,13,21H,4-5H2,1H3,(H,20,22);3-7,9-10,21H,1,8H2,2H3,(H,20,22). The van der Waals surface area contributed by atoms with E-state index in [4.69, 9.17) is 16.4 Å². The van der Waals surface area contributed by atoms with Gasteiger partial charge in [-0.1, -0.05) is 66.2 Å². The van der Waals surface area contributed by atoms with Crippen LogP contribution in [0.4, 0.5) is 60.0 Å².